The molecule has 0 aromatic heterocycles. The highest BCUT2D eigenvalue weighted by Gasteiger charge is 2.46. The molecule has 0 saturated carbocycles. The van der Waals surface area contributed by atoms with Crippen LogP contribution in [0.1, 0.15) is 73.6 Å². The van der Waals surface area contributed by atoms with Crippen molar-refractivity contribution in [3.63, 3.8) is 0 Å². The first-order valence-corrected chi connectivity index (χ1v) is 11.1. The van der Waals surface area contributed by atoms with Crippen molar-refractivity contribution in [2.45, 2.75) is 85.2 Å². The lowest BCUT2D eigenvalue weighted by atomic mass is 9.88. The Morgan fingerprint density at radius 2 is 1.17 bits per heavy atom. The maximum Gasteiger partial charge on any atom is 0.167 e. The van der Waals surface area contributed by atoms with E-state index in [1.54, 1.807) is 0 Å². The van der Waals surface area contributed by atoms with Gasteiger partial charge in [0.05, 0.1) is 0 Å². The molecule has 4 nitrogen and oxygen atoms in total. The van der Waals surface area contributed by atoms with Gasteiger partial charge in [-0.1, -0.05) is 34.6 Å². The monoisotopic (exact) mass is 346 g/mol. The SMILES string of the molecule is CCN=P(N(C)C)(N(C)C)N(C(CC)CC)C(CC)(CC)CC. The van der Waals surface area contributed by atoms with E-state index in [2.05, 4.69) is 83.7 Å². The van der Waals surface area contributed by atoms with E-state index in [9.17, 15) is 0 Å². The third-order valence-electron chi connectivity index (χ3n) is 5.44. The molecule has 0 radical (unpaired) electrons. The van der Waals surface area contributed by atoms with Gasteiger partial charge >= 0.3 is 0 Å². The summed E-state index contributed by atoms with van der Waals surface area (Å²) < 4.78 is 12.9. The minimum atomic E-state index is -1.89. The highest BCUT2D eigenvalue weighted by atomic mass is 31.2. The third-order valence-corrected chi connectivity index (χ3v) is 9.58. The highest BCUT2D eigenvalue weighted by Crippen LogP contribution is 2.62. The van der Waals surface area contributed by atoms with E-state index in [0.29, 0.717) is 6.04 Å². The van der Waals surface area contributed by atoms with Crippen molar-refractivity contribution in [1.29, 1.82) is 0 Å². The second-order valence-electron chi connectivity index (χ2n) is 6.79. The Labute approximate surface area is 146 Å². The van der Waals surface area contributed by atoms with Crippen molar-refractivity contribution < 1.29 is 0 Å². The average molecular weight is 347 g/mol. The fourth-order valence-corrected chi connectivity index (χ4v) is 8.28. The number of hydrogen-bond acceptors (Lipinski definition) is 1. The molecule has 0 atom stereocenters. The lowest BCUT2D eigenvalue weighted by Gasteiger charge is -2.56. The Hall–Kier alpha value is 0.110. The van der Waals surface area contributed by atoms with Crippen molar-refractivity contribution in [1.82, 2.24) is 14.0 Å². The van der Waals surface area contributed by atoms with E-state index in [1.165, 1.54) is 32.1 Å². The number of nitrogens with zero attached hydrogens (tertiary/aromatic N) is 4. The summed E-state index contributed by atoms with van der Waals surface area (Å²) in [6.45, 7) is 14.8. The summed E-state index contributed by atoms with van der Waals surface area (Å²) in [6, 6.07) is 0.572. The molecule has 0 unspecified atom stereocenters. The molecule has 0 amide bonds. The van der Waals surface area contributed by atoms with Gasteiger partial charge in [0.1, 0.15) is 0 Å². The van der Waals surface area contributed by atoms with Gasteiger partial charge in [0, 0.05) is 18.1 Å². The van der Waals surface area contributed by atoms with E-state index < -0.39 is 7.51 Å². The molecule has 5 heteroatoms. The molecule has 0 aromatic rings. The summed E-state index contributed by atoms with van der Waals surface area (Å²) in [5, 5.41) is 0. The molecule has 0 spiro atoms. The first kappa shape index (κ1) is 23.1. The lowest BCUT2D eigenvalue weighted by Crippen LogP contribution is -2.54. The average Bonchev–Trinajstić information content (AvgIpc) is 2.53. The number of hydrogen-bond donors (Lipinski definition) is 0. The molecule has 0 aliphatic carbocycles. The molecule has 0 rings (SSSR count). The summed E-state index contributed by atoms with van der Waals surface area (Å²) in [4.78, 5) is 0. The van der Waals surface area contributed by atoms with Gasteiger partial charge in [0.15, 0.2) is 7.51 Å². The van der Waals surface area contributed by atoms with Crippen molar-refractivity contribution in [3.05, 3.63) is 0 Å². The van der Waals surface area contributed by atoms with Crippen molar-refractivity contribution in [2.24, 2.45) is 4.74 Å². The first-order valence-electron chi connectivity index (χ1n) is 9.51. The zero-order chi connectivity index (χ0) is 18.3. The van der Waals surface area contributed by atoms with Crippen LogP contribution >= 0.6 is 7.51 Å². The Kier molecular flexibility index (Phi) is 10.2. The van der Waals surface area contributed by atoms with Gasteiger partial charge in [0.2, 0.25) is 0 Å². The van der Waals surface area contributed by atoms with Crippen LogP contribution in [0, 0.1) is 0 Å². The molecule has 0 aliphatic heterocycles. The van der Waals surface area contributed by atoms with Crippen molar-refractivity contribution >= 4 is 7.51 Å². The van der Waals surface area contributed by atoms with E-state index >= 15 is 0 Å². The molecule has 0 aliphatic rings. The third kappa shape index (κ3) is 4.39. The maximum atomic E-state index is 5.27. The Morgan fingerprint density at radius 3 is 1.39 bits per heavy atom. The summed E-state index contributed by atoms with van der Waals surface area (Å²) in [5.41, 5.74) is 0.220. The first-order chi connectivity index (χ1) is 10.8. The van der Waals surface area contributed by atoms with Gasteiger partial charge in [-0.05, 0) is 67.2 Å². The quantitative estimate of drug-likeness (QED) is 0.459. The van der Waals surface area contributed by atoms with E-state index in [1.807, 2.05) is 0 Å². The summed E-state index contributed by atoms with van der Waals surface area (Å²) in [5.74, 6) is 0. The van der Waals surface area contributed by atoms with Gasteiger partial charge in [-0.2, -0.15) is 0 Å². The smallest absolute Gasteiger partial charge is 0.167 e. The summed E-state index contributed by atoms with van der Waals surface area (Å²) >= 11 is 0. The molecule has 0 aromatic carbocycles. The van der Waals surface area contributed by atoms with Gasteiger partial charge in [-0.15, -0.1) is 0 Å². The second-order valence-corrected chi connectivity index (χ2v) is 10.2. The normalized spacial score (nSPS) is 13.7. The zero-order valence-electron chi connectivity index (χ0n) is 17.6. The van der Waals surface area contributed by atoms with Crippen LogP contribution in [-0.2, 0) is 0 Å². The van der Waals surface area contributed by atoms with Crippen LogP contribution in [-0.4, -0.2) is 60.3 Å². The predicted octanol–water partition coefficient (Wildman–Crippen LogP) is 5.54. The van der Waals surface area contributed by atoms with Crippen LogP contribution in [0.4, 0.5) is 0 Å². The van der Waals surface area contributed by atoms with Crippen LogP contribution < -0.4 is 0 Å². The molecule has 0 fully saturated rings. The van der Waals surface area contributed by atoms with Crippen LogP contribution in [0.3, 0.4) is 0 Å². The van der Waals surface area contributed by atoms with E-state index in [-0.39, 0.29) is 5.54 Å². The molecule has 0 bridgehead atoms. The van der Waals surface area contributed by atoms with Crippen molar-refractivity contribution in [2.75, 3.05) is 34.7 Å². The molecule has 140 valence electrons. The number of rotatable bonds is 11. The fraction of sp³-hybridized carbons (Fsp3) is 1.00. The van der Waals surface area contributed by atoms with Gasteiger partial charge in [0.25, 0.3) is 0 Å². The maximum absolute atomic E-state index is 5.27. The molecule has 0 saturated heterocycles. The molecule has 0 N–H and O–H groups in total. The predicted molar refractivity (Wildman–Crippen MR) is 107 cm³/mol. The second kappa shape index (κ2) is 10.2. The van der Waals surface area contributed by atoms with E-state index in [0.717, 1.165) is 6.54 Å². The molecule has 0 heterocycles. The fourth-order valence-electron chi connectivity index (χ4n) is 4.02. The summed E-state index contributed by atoms with van der Waals surface area (Å²) in [6.07, 6.45) is 5.90. The Morgan fingerprint density at radius 1 is 0.783 bits per heavy atom. The standard InChI is InChI=1S/C18H43N4P/c1-11-17(12-2)22(18(13-3,14-4)15-5)23(19-16-6,20(7)8)21(9)10/h17H,11-16H2,1-10H3. The van der Waals surface area contributed by atoms with Crippen LogP contribution in [0.2, 0.25) is 0 Å². The largest absolute Gasteiger partial charge is 0.261 e. The Balaban J connectivity index is 6.66. The van der Waals surface area contributed by atoms with Crippen LogP contribution in [0.5, 0.6) is 0 Å². The van der Waals surface area contributed by atoms with Crippen molar-refractivity contribution in [3.8, 4) is 0 Å². The minimum absolute atomic E-state index is 0.220. The lowest BCUT2D eigenvalue weighted by molar-refractivity contribution is 0.105. The van der Waals surface area contributed by atoms with Crippen LogP contribution in [0.15, 0.2) is 4.74 Å². The topological polar surface area (TPSA) is 22.1 Å². The molecule has 23 heavy (non-hydrogen) atoms. The van der Waals surface area contributed by atoms with E-state index in [4.69, 9.17) is 4.74 Å². The van der Waals surface area contributed by atoms with Gasteiger partial charge in [-0.25, -0.2) is 4.67 Å². The Bertz CT molecular complexity index is 351. The summed E-state index contributed by atoms with van der Waals surface area (Å²) in [7, 11) is 6.98. The highest BCUT2D eigenvalue weighted by molar-refractivity contribution is 7.59. The van der Waals surface area contributed by atoms with Gasteiger partial charge < -0.3 is 0 Å². The molecular formula is C18H43N4P. The zero-order valence-corrected chi connectivity index (χ0v) is 18.5. The minimum Gasteiger partial charge on any atom is -0.261 e. The van der Waals surface area contributed by atoms with Gasteiger partial charge in [-0.3, -0.25) is 14.1 Å². The molecular weight excluding hydrogens is 303 g/mol. The van der Waals surface area contributed by atoms with Crippen LogP contribution in [0.25, 0.3) is 0 Å².